The van der Waals surface area contributed by atoms with Crippen LogP contribution in [0.2, 0.25) is 0 Å². The van der Waals surface area contributed by atoms with Crippen LogP contribution in [0.15, 0.2) is 211 Å². The summed E-state index contributed by atoms with van der Waals surface area (Å²) in [5.74, 6) is -7.76. The molecule has 0 bridgehead atoms. The highest BCUT2D eigenvalue weighted by molar-refractivity contribution is 7.97. The van der Waals surface area contributed by atoms with Gasteiger partial charge in [0.1, 0.15) is 6.61 Å². The maximum absolute atomic E-state index is 11.6. The number of hydrogen-bond acceptors (Lipinski definition) is 3. The summed E-state index contributed by atoms with van der Waals surface area (Å²) >= 11 is 0. The molecule has 0 amide bonds. The van der Waals surface area contributed by atoms with Gasteiger partial charge in [-0.25, -0.2) is 13.6 Å². The van der Waals surface area contributed by atoms with E-state index in [9.17, 15) is 22.4 Å². The molecule has 0 unspecified atom stereocenters. The highest BCUT2D eigenvalue weighted by Gasteiger charge is 2.33. The number of ether oxygens (including phenoxy) is 1. The molecule has 6 rings (SSSR count). The van der Waals surface area contributed by atoms with Crippen molar-refractivity contribution < 1.29 is 32.2 Å². The van der Waals surface area contributed by atoms with Crippen LogP contribution in [-0.4, -0.2) is 36.6 Å². The third-order valence-corrected chi connectivity index (χ3v) is 11.2. The molecule has 270 valence electrons. The molecule has 1 N–H and O–H groups in total. The summed E-state index contributed by atoms with van der Waals surface area (Å²) in [6, 6.07) is 64.3. The van der Waals surface area contributed by atoms with E-state index < -0.39 is 24.4 Å². The molecule has 0 atom stereocenters. The first-order chi connectivity index (χ1) is 24.9. The number of hydrogen-bond donors (Lipinski definition) is 1. The number of benzene rings is 6. The molecule has 6 aromatic rings. The molecule has 6 aromatic carbocycles. The fourth-order valence-corrected chi connectivity index (χ4v) is 8.54. The average Bonchev–Trinajstić information content (AvgIpc) is 3.17. The summed E-state index contributed by atoms with van der Waals surface area (Å²) in [5, 5.41) is 7.65. The molecule has 3 nitrogen and oxygen atoms in total. The van der Waals surface area contributed by atoms with Gasteiger partial charge in [0.05, 0.1) is 28.9 Å². The summed E-state index contributed by atoms with van der Waals surface area (Å²) in [5.41, 5.74) is 0. The van der Waals surface area contributed by atoms with Gasteiger partial charge in [-0.2, -0.15) is 8.78 Å². The van der Waals surface area contributed by atoms with Crippen LogP contribution < -0.4 is 0 Å². The molecule has 0 radical (unpaired) electrons. The van der Waals surface area contributed by atoms with Gasteiger partial charge >= 0.3 is 11.9 Å². The van der Waals surface area contributed by atoms with Crippen molar-refractivity contribution >= 4 is 27.8 Å². The van der Waals surface area contributed by atoms with Crippen LogP contribution in [0.4, 0.5) is 17.6 Å². The number of alkyl halides is 4. The standard InChI is InChI=1S/2C18H15S.C4H6F2O2.C3H6F2O/c2*1-4-10-16(11-5-1)19(17-12-6-2-7-13-17)18-14-8-3-9-15-18;1-4(5,6)3(7)8-2;1-3(4,5)2-6/h2*1-15H;1-2H3;6H,2H2,1H3/q2*+1;;. The first kappa shape index (κ1) is 41.6. The van der Waals surface area contributed by atoms with Crippen LogP contribution in [0.25, 0.3) is 0 Å². The minimum absolute atomic E-state index is 0.0146. The molecule has 0 heterocycles. The molecule has 0 fully saturated rings. The first-order valence-electron chi connectivity index (χ1n) is 16.2. The Labute approximate surface area is 309 Å². The molecule has 0 aliphatic carbocycles. The Morgan fingerprint density at radius 2 is 0.654 bits per heavy atom. The second kappa shape index (κ2) is 21.5. The van der Waals surface area contributed by atoms with E-state index in [1.807, 2.05) is 0 Å². The molecule has 9 heteroatoms. The van der Waals surface area contributed by atoms with Gasteiger partial charge in [-0.05, 0) is 72.8 Å². The van der Waals surface area contributed by atoms with Crippen molar-refractivity contribution in [2.75, 3.05) is 13.7 Å². The van der Waals surface area contributed by atoms with Crippen LogP contribution in [-0.2, 0) is 31.3 Å². The highest BCUT2D eigenvalue weighted by Crippen LogP contribution is 2.31. The van der Waals surface area contributed by atoms with E-state index in [2.05, 4.69) is 187 Å². The Kier molecular flexibility index (Phi) is 17.2. The van der Waals surface area contributed by atoms with Gasteiger partial charge in [-0.15, -0.1) is 0 Å². The van der Waals surface area contributed by atoms with E-state index in [1.54, 1.807) is 0 Å². The number of halogens is 4. The zero-order valence-electron chi connectivity index (χ0n) is 29.1. The van der Waals surface area contributed by atoms with Gasteiger partial charge in [0, 0.05) is 13.8 Å². The zero-order valence-corrected chi connectivity index (χ0v) is 30.8. The fraction of sp³-hybridized carbons (Fsp3) is 0.140. The van der Waals surface area contributed by atoms with Gasteiger partial charge in [0.25, 0.3) is 5.92 Å². The van der Waals surface area contributed by atoms with Crippen LogP contribution in [0.3, 0.4) is 0 Å². The second-order valence-corrected chi connectivity index (χ2v) is 15.2. The van der Waals surface area contributed by atoms with E-state index in [-0.39, 0.29) is 21.8 Å². The molecule has 0 spiro atoms. The largest absolute Gasteiger partial charge is 0.465 e. The summed E-state index contributed by atoms with van der Waals surface area (Å²) in [7, 11) is 0.887. The number of esters is 1. The molecule has 0 aliphatic rings. The van der Waals surface area contributed by atoms with Crippen LogP contribution >= 0.6 is 0 Å². The SMILES string of the molecule is CC(F)(F)CO.COC(=O)C(C)(F)F.c1ccc([S+](c2ccccc2)c2ccccc2)cc1.c1ccc([S+](c2ccccc2)c2ccccc2)cc1. The van der Waals surface area contributed by atoms with E-state index in [1.165, 1.54) is 29.4 Å². The maximum Gasteiger partial charge on any atom is 0.376 e. The third-order valence-electron chi connectivity index (χ3n) is 6.69. The Morgan fingerprint density at radius 1 is 0.481 bits per heavy atom. The molecular formula is C43H42F4O3S2+2. The molecule has 0 aliphatic heterocycles. The number of carbonyl (C=O) groups is 1. The minimum Gasteiger partial charge on any atom is -0.465 e. The Bertz CT molecular complexity index is 1520. The highest BCUT2D eigenvalue weighted by atomic mass is 32.2. The van der Waals surface area contributed by atoms with E-state index in [4.69, 9.17) is 5.11 Å². The van der Waals surface area contributed by atoms with E-state index in [0.717, 1.165) is 7.11 Å². The van der Waals surface area contributed by atoms with Crippen molar-refractivity contribution in [3.05, 3.63) is 182 Å². The van der Waals surface area contributed by atoms with Gasteiger partial charge in [-0.3, -0.25) is 0 Å². The lowest BCUT2D eigenvalue weighted by Crippen LogP contribution is -2.25. The zero-order chi connectivity index (χ0) is 37.8. The lowest BCUT2D eigenvalue weighted by atomic mass is 10.4. The summed E-state index contributed by atoms with van der Waals surface area (Å²) < 4.78 is 49.4. The van der Waals surface area contributed by atoms with Gasteiger partial charge in [-0.1, -0.05) is 109 Å². The second-order valence-electron chi connectivity index (χ2n) is 11.1. The lowest BCUT2D eigenvalue weighted by Gasteiger charge is -2.07. The number of aliphatic hydroxyl groups is 1. The van der Waals surface area contributed by atoms with Crippen LogP contribution in [0.5, 0.6) is 0 Å². The third kappa shape index (κ3) is 14.4. The molecular weight excluding hydrogens is 705 g/mol. The number of carbonyl (C=O) groups excluding carboxylic acids is 1. The van der Waals surface area contributed by atoms with Crippen molar-refractivity contribution in [3.8, 4) is 0 Å². The van der Waals surface area contributed by atoms with Gasteiger partial charge in [0.15, 0.2) is 29.4 Å². The van der Waals surface area contributed by atoms with Crippen molar-refractivity contribution in [3.63, 3.8) is 0 Å². The van der Waals surface area contributed by atoms with E-state index in [0.29, 0.717) is 13.8 Å². The van der Waals surface area contributed by atoms with Crippen molar-refractivity contribution in [1.29, 1.82) is 0 Å². The Balaban J connectivity index is 0.000000208. The predicted molar refractivity (Wildman–Crippen MR) is 203 cm³/mol. The van der Waals surface area contributed by atoms with Crippen molar-refractivity contribution in [2.45, 2.75) is 55.1 Å². The van der Waals surface area contributed by atoms with Gasteiger partial charge < -0.3 is 9.84 Å². The molecule has 0 aromatic heterocycles. The van der Waals surface area contributed by atoms with Gasteiger partial charge in [0.2, 0.25) is 0 Å². The number of methoxy groups -OCH3 is 1. The number of aliphatic hydroxyl groups excluding tert-OH is 1. The van der Waals surface area contributed by atoms with Crippen molar-refractivity contribution in [1.82, 2.24) is 0 Å². The van der Waals surface area contributed by atoms with E-state index >= 15 is 0 Å². The smallest absolute Gasteiger partial charge is 0.376 e. The molecule has 0 saturated heterocycles. The minimum atomic E-state index is -3.35. The first-order valence-corrected chi connectivity index (χ1v) is 18.6. The van der Waals surface area contributed by atoms with Crippen molar-refractivity contribution in [2.24, 2.45) is 0 Å². The lowest BCUT2D eigenvalue weighted by molar-refractivity contribution is -0.165. The summed E-state index contributed by atoms with van der Waals surface area (Å²) in [4.78, 5) is 18.0. The Morgan fingerprint density at radius 3 is 0.750 bits per heavy atom. The Hall–Kier alpha value is -4.83. The fourth-order valence-electron chi connectivity index (χ4n) is 4.34. The summed E-state index contributed by atoms with van der Waals surface area (Å²) in [6.45, 7) is 0.0822. The van der Waals surface area contributed by atoms with Crippen LogP contribution in [0, 0.1) is 0 Å². The average molecular weight is 747 g/mol. The monoisotopic (exact) mass is 746 g/mol. The maximum atomic E-state index is 11.6. The predicted octanol–water partition coefficient (Wildman–Crippen LogP) is 11.0. The number of rotatable bonds is 8. The normalized spacial score (nSPS) is 10.8. The topological polar surface area (TPSA) is 46.5 Å². The summed E-state index contributed by atoms with van der Waals surface area (Å²) in [6.07, 6.45) is 0. The molecule has 52 heavy (non-hydrogen) atoms. The quantitative estimate of drug-likeness (QED) is 0.0958. The molecule has 0 saturated carbocycles. The van der Waals surface area contributed by atoms with Crippen LogP contribution in [0.1, 0.15) is 13.8 Å².